The van der Waals surface area contributed by atoms with Crippen molar-refractivity contribution in [2.75, 3.05) is 0 Å². The van der Waals surface area contributed by atoms with Crippen molar-refractivity contribution in [3.63, 3.8) is 0 Å². The van der Waals surface area contributed by atoms with Gasteiger partial charge in [-0.1, -0.05) is 96.8 Å². The molecule has 0 atom stereocenters. The Hall–Kier alpha value is 0.0534. The first-order valence-corrected chi connectivity index (χ1v) is 8.80. The summed E-state index contributed by atoms with van der Waals surface area (Å²) in [6.07, 6.45) is 20.8. The molecule has 0 aromatic rings. The standard InChI is InChI=1S/C18H35O2.H2O.Zn/c1-2-3-4-5-6-7-8-9-10-11-12-13-14-15-16-17-18(19)20;;/h16H,2-15,17H2,1H3,(H,19,20);1H2;/q-1;;. The van der Waals surface area contributed by atoms with E-state index in [0.29, 0.717) is 0 Å². The van der Waals surface area contributed by atoms with Gasteiger partial charge in [0.25, 0.3) is 5.97 Å². The van der Waals surface area contributed by atoms with E-state index in [9.17, 15) is 4.79 Å². The molecule has 0 heterocycles. The number of carboxylic acids is 1. The number of carboxylic acid groups (broad SMARTS) is 1. The second-order valence-corrected chi connectivity index (χ2v) is 5.92. The molecule has 0 aromatic carbocycles. The van der Waals surface area contributed by atoms with E-state index in [1.165, 1.54) is 77.0 Å². The van der Waals surface area contributed by atoms with E-state index in [1.807, 2.05) is 6.42 Å². The van der Waals surface area contributed by atoms with Crippen LogP contribution in [-0.2, 0) is 24.3 Å². The fourth-order valence-corrected chi connectivity index (χ4v) is 2.53. The quantitative estimate of drug-likeness (QED) is 0.228. The van der Waals surface area contributed by atoms with Crippen molar-refractivity contribution in [1.29, 1.82) is 0 Å². The Morgan fingerprint density at radius 2 is 1.14 bits per heavy atom. The normalized spacial score (nSPS) is 9.86. The van der Waals surface area contributed by atoms with Gasteiger partial charge in [0.05, 0.1) is 0 Å². The molecule has 130 valence electrons. The van der Waals surface area contributed by atoms with Crippen LogP contribution in [0.1, 0.15) is 103 Å². The smallest absolute Gasteiger partial charge is 0.273 e. The largest absolute Gasteiger partial charge is 0.483 e. The summed E-state index contributed by atoms with van der Waals surface area (Å²) in [7, 11) is 0. The van der Waals surface area contributed by atoms with Gasteiger partial charge in [-0.05, 0) is 0 Å². The van der Waals surface area contributed by atoms with Crippen molar-refractivity contribution in [2.45, 2.75) is 103 Å². The molecule has 0 radical (unpaired) electrons. The zero-order valence-electron chi connectivity index (χ0n) is 14.7. The molecule has 3 nitrogen and oxygen atoms in total. The second-order valence-electron chi connectivity index (χ2n) is 5.92. The average molecular weight is 367 g/mol. The Morgan fingerprint density at radius 1 is 0.773 bits per heavy atom. The van der Waals surface area contributed by atoms with Gasteiger partial charge in [-0.3, -0.25) is 4.79 Å². The molecule has 0 spiro atoms. The minimum atomic E-state index is -0.709. The van der Waals surface area contributed by atoms with Crippen LogP contribution in [-0.4, -0.2) is 16.6 Å². The molecule has 0 fully saturated rings. The maximum atomic E-state index is 10.3. The first-order chi connectivity index (χ1) is 9.77. The molecule has 0 amide bonds. The second kappa shape index (κ2) is 23.3. The molecule has 0 aliphatic heterocycles. The summed E-state index contributed by atoms with van der Waals surface area (Å²) in [6, 6.07) is 0. The number of unbranched alkanes of at least 4 members (excludes halogenated alkanes) is 14. The Kier molecular flexibility index (Phi) is 28.5. The van der Waals surface area contributed by atoms with Crippen molar-refractivity contribution in [2.24, 2.45) is 0 Å². The van der Waals surface area contributed by atoms with Gasteiger partial charge in [0, 0.05) is 19.5 Å². The van der Waals surface area contributed by atoms with E-state index < -0.39 is 5.97 Å². The third-order valence-electron chi connectivity index (χ3n) is 3.83. The molecular weight excluding hydrogens is 330 g/mol. The Balaban J connectivity index is -0.00000180. The first-order valence-electron chi connectivity index (χ1n) is 8.80. The predicted octanol–water partition coefficient (Wildman–Crippen LogP) is 5.32. The summed E-state index contributed by atoms with van der Waals surface area (Å²) in [5.74, 6) is -0.709. The third-order valence-corrected chi connectivity index (χ3v) is 3.83. The van der Waals surface area contributed by atoms with Crippen LogP contribution in [0.4, 0.5) is 0 Å². The van der Waals surface area contributed by atoms with Crippen molar-refractivity contribution in [3.8, 4) is 0 Å². The van der Waals surface area contributed by atoms with Crippen LogP contribution < -0.4 is 0 Å². The molecule has 3 N–H and O–H groups in total. The van der Waals surface area contributed by atoms with Crippen molar-refractivity contribution < 1.29 is 34.9 Å². The molecule has 0 aliphatic carbocycles. The monoisotopic (exact) mass is 365 g/mol. The van der Waals surface area contributed by atoms with Gasteiger partial charge in [-0.25, -0.2) is 0 Å². The molecule has 0 rings (SSSR count). The summed E-state index contributed by atoms with van der Waals surface area (Å²) in [5.41, 5.74) is 0. The van der Waals surface area contributed by atoms with Gasteiger partial charge in [0.2, 0.25) is 0 Å². The van der Waals surface area contributed by atoms with Crippen LogP contribution in [0.3, 0.4) is 0 Å². The van der Waals surface area contributed by atoms with Gasteiger partial charge < -0.3 is 17.0 Å². The van der Waals surface area contributed by atoms with Gasteiger partial charge in [0.15, 0.2) is 0 Å². The van der Waals surface area contributed by atoms with Gasteiger partial charge in [-0.2, -0.15) is 6.42 Å². The van der Waals surface area contributed by atoms with Crippen LogP contribution in [0.25, 0.3) is 0 Å². The molecule has 0 bridgehead atoms. The summed E-state index contributed by atoms with van der Waals surface area (Å²) in [6.45, 7) is 2.27. The van der Waals surface area contributed by atoms with E-state index >= 15 is 0 Å². The Morgan fingerprint density at radius 3 is 1.50 bits per heavy atom. The summed E-state index contributed by atoms with van der Waals surface area (Å²) in [4.78, 5) is 10.3. The number of hydrogen-bond acceptors (Lipinski definition) is 1. The fourth-order valence-electron chi connectivity index (χ4n) is 2.53. The third kappa shape index (κ3) is 25.0. The van der Waals surface area contributed by atoms with E-state index in [-0.39, 0.29) is 31.4 Å². The van der Waals surface area contributed by atoms with Crippen LogP contribution >= 0.6 is 0 Å². The minimum absolute atomic E-state index is 0. The van der Waals surface area contributed by atoms with Crippen molar-refractivity contribution in [1.82, 2.24) is 0 Å². The molecule has 0 unspecified atom stereocenters. The van der Waals surface area contributed by atoms with Crippen LogP contribution in [0.15, 0.2) is 0 Å². The Bertz CT molecular complexity index is 211. The SMILES string of the molecule is CCCCCCCCCCCCCCC[CH-]CC(=O)O.O.[Zn]. The molecule has 0 saturated carbocycles. The number of carbonyl (C=O) groups is 1. The topological polar surface area (TPSA) is 68.8 Å². The zero-order valence-corrected chi connectivity index (χ0v) is 17.7. The van der Waals surface area contributed by atoms with Crippen molar-refractivity contribution >= 4 is 5.97 Å². The molecule has 0 saturated heterocycles. The van der Waals surface area contributed by atoms with E-state index in [0.717, 1.165) is 12.8 Å². The maximum absolute atomic E-state index is 10.3. The minimum Gasteiger partial charge on any atom is -0.483 e. The van der Waals surface area contributed by atoms with Crippen LogP contribution in [0.2, 0.25) is 0 Å². The number of aliphatic carboxylic acids is 1. The van der Waals surface area contributed by atoms with E-state index in [1.54, 1.807) is 0 Å². The average Bonchev–Trinajstić information content (AvgIpc) is 2.43. The molecule has 22 heavy (non-hydrogen) atoms. The van der Waals surface area contributed by atoms with Crippen molar-refractivity contribution in [3.05, 3.63) is 6.42 Å². The molecule has 4 heteroatoms. The predicted molar refractivity (Wildman–Crippen MR) is 90.5 cm³/mol. The number of rotatable bonds is 16. The first kappa shape index (κ1) is 26.9. The molecule has 0 aromatic heterocycles. The van der Waals surface area contributed by atoms with Gasteiger partial charge >= 0.3 is 0 Å². The molecule has 0 aliphatic rings. The summed E-state index contributed by atoms with van der Waals surface area (Å²) < 4.78 is 0. The summed E-state index contributed by atoms with van der Waals surface area (Å²) in [5, 5.41) is 8.49. The molecular formula is C18H37O3Zn-. The zero-order chi connectivity index (χ0) is 14.9. The van der Waals surface area contributed by atoms with E-state index in [4.69, 9.17) is 5.11 Å². The number of hydrogen-bond donors (Lipinski definition) is 1. The van der Waals surface area contributed by atoms with Crippen LogP contribution in [0.5, 0.6) is 0 Å². The summed E-state index contributed by atoms with van der Waals surface area (Å²) >= 11 is 0. The van der Waals surface area contributed by atoms with Gasteiger partial charge in [-0.15, -0.1) is 0 Å². The fraction of sp³-hybridized carbons (Fsp3) is 0.889. The van der Waals surface area contributed by atoms with Crippen LogP contribution in [0, 0.1) is 6.42 Å². The Labute approximate surface area is 150 Å². The van der Waals surface area contributed by atoms with Gasteiger partial charge in [0.1, 0.15) is 0 Å². The maximum Gasteiger partial charge on any atom is 0.273 e. The van der Waals surface area contributed by atoms with E-state index in [2.05, 4.69) is 6.92 Å².